The van der Waals surface area contributed by atoms with Crippen LogP contribution in [0.1, 0.15) is 11.3 Å². The molecule has 0 fully saturated rings. The minimum atomic E-state index is -0.940. The molecular formula is C9H8N2O2S. The molecule has 2 heterocycles. The van der Waals surface area contributed by atoms with Crippen LogP contribution in [-0.4, -0.2) is 16.9 Å². The minimum Gasteiger partial charge on any atom is -0.478 e. The molecule has 2 rings (SSSR count). The normalized spacial score (nSPS) is 15.1. The van der Waals surface area contributed by atoms with E-state index in [4.69, 9.17) is 10.8 Å². The number of aliphatic imine (C=N–C) groups is 1. The Bertz CT molecular complexity index is 445. The molecule has 3 N–H and O–H groups in total. The Hall–Kier alpha value is -1.62. The Morgan fingerprint density at radius 3 is 3.14 bits per heavy atom. The lowest BCUT2D eigenvalue weighted by Gasteiger charge is -1.97. The van der Waals surface area contributed by atoms with Gasteiger partial charge in [-0.25, -0.2) is 9.79 Å². The molecule has 72 valence electrons. The lowest BCUT2D eigenvalue weighted by atomic mass is 10.1. The number of amidine groups is 1. The Morgan fingerprint density at radius 1 is 1.64 bits per heavy atom. The first-order chi connectivity index (χ1) is 6.66. The standard InChI is InChI=1S/C9H8N2O2S/c10-8-4-5(9(12)13)3-7-6(11-8)1-2-14-7/h1-3H,4H2,(H2,10,11)(H,12,13). The first-order valence-corrected chi connectivity index (χ1v) is 4.89. The topological polar surface area (TPSA) is 75.7 Å². The lowest BCUT2D eigenvalue weighted by molar-refractivity contribution is -0.132. The number of carboxylic acids is 1. The molecule has 1 aliphatic rings. The molecule has 1 aliphatic heterocycles. The van der Waals surface area contributed by atoms with E-state index in [0.29, 0.717) is 5.84 Å². The first kappa shape index (κ1) is 8.96. The van der Waals surface area contributed by atoms with E-state index in [1.807, 2.05) is 11.4 Å². The Kier molecular flexibility index (Phi) is 2.09. The molecule has 0 radical (unpaired) electrons. The summed E-state index contributed by atoms with van der Waals surface area (Å²) in [7, 11) is 0. The predicted octanol–water partition coefficient (Wildman–Crippen LogP) is 1.61. The maximum absolute atomic E-state index is 10.8. The van der Waals surface area contributed by atoms with Crippen LogP contribution < -0.4 is 5.73 Å². The summed E-state index contributed by atoms with van der Waals surface area (Å²) in [6.07, 6.45) is 1.84. The molecule has 0 aromatic carbocycles. The fraction of sp³-hybridized carbons (Fsp3) is 0.111. The smallest absolute Gasteiger partial charge is 0.332 e. The summed E-state index contributed by atoms with van der Waals surface area (Å²) < 4.78 is 0. The largest absolute Gasteiger partial charge is 0.478 e. The molecular weight excluding hydrogens is 200 g/mol. The fourth-order valence-electron chi connectivity index (χ4n) is 1.25. The number of nitrogens with zero attached hydrogens (tertiary/aromatic N) is 1. The van der Waals surface area contributed by atoms with E-state index in [-0.39, 0.29) is 12.0 Å². The molecule has 1 aromatic rings. The predicted molar refractivity (Wildman–Crippen MR) is 55.8 cm³/mol. The monoisotopic (exact) mass is 208 g/mol. The summed E-state index contributed by atoms with van der Waals surface area (Å²) in [6.45, 7) is 0. The van der Waals surface area contributed by atoms with Gasteiger partial charge in [0.1, 0.15) is 5.84 Å². The van der Waals surface area contributed by atoms with Crippen LogP contribution in [0.5, 0.6) is 0 Å². The highest BCUT2D eigenvalue weighted by Crippen LogP contribution is 2.30. The van der Waals surface area contributed by atoms with Gasteiger partial charge in [-0.1, -0.05) is 0 Å². The van der Waals surface area contributed by atoms with Gasteiger partial charge in [0, 0.05) is 12.0 Å². The minimum absolute atomic E-state index is 0.205. The summed E-state index contributed by atoms with van der Waals surface area (Å²) >= 11 is 1.46. The van der Waals surface area contributed by atoms with E-state index < -0.39 is 5.97 Å². The number of nitrogens with two attached hydrogens (primary N) is 1. The number of fused-ring (bicyclic) bond motifs is 1. The van der Waals surface area contributed by atoms with E-state index in [2.05, 4.69) is 4.99 Å². The number of aliphatic carboxylic acids is 1. The van der Waals surface area contributed by atoms with Gasteiger partial charge in [0.2, 0.25) is 0 Å². The SMILES string of the molecule is NC1=Nc2ccsc2C=C(C(=O)O)C1. The van der Waals surface area contributed by atoms with Crippen molar-refractivity contribution in [1.29, 1.82) is 0 Å². The first-order valence-electron chi connectivity index (χ1n) is 4.01. The van der Waals surface area contributed by atoms with Crippen LogP contribution in [0.2, 0.25) is 0 Å². The summed E-state index contributed by atoms with van der Waals surface area (Å²) in [5, 5.41) is 10.7. The van der Waals surface area contributed by atoms with Crippen LogP contribution in [0.15, 0.2) is 22.0 Å². The van der Waals surface area contributed by atoms with E-state index >= 15 is 0 Å². The second-order valence-corrected chi connectivity index (χ2v) is 3.87. The molecule has 0 unspecified atom stereocenters. The molecule has 4 nitrogen and oxygen atoms in total. The molecule has 0 atom stereocenters. The molecule has 0 amide bonds. The molecule has 0 bridgehead atoms. The average Bonchev–Trinajstić information content (AvgIpc) is 2.45. The number of hydrogen-bond donors (Lipinski definition) is 2. The molecule has 1 aromatic heterocycles. The van der Waals surface area contributed by atoms with Crippen LogP contribution >= 0.6 is 11.3 Å². The summed E-state index contributed by atoms with van der Waals surface area (Å²) in [4.78, 5) is 15.8. The van der Waals surface area contributed by atoms with Crippen LogP contribution in [-0.2, 0) is 4.79 Å². The molecule has 0 aliphatic carbocycles. The third-order valence-corrected chi connectivity index (χ3v) is 2.74. The van der Waals surface area contributed by atoms with Gasteiger partial charge in [-0.2, -0.15) is 0 Å². The van der Waals surface area contributed by atoms with Crippen LogP contribution in [0.25, 0.3) is 6.08 Å². The zero-order valence-electron chi connectivity index (χ0n) is 7.23. The van der Waals surface area contributed by atoms with Crippen LogP contribution in [0.3, 0.4) is 0 Å². The molecule has 0 spiro atoms. The van der Waals surface area contributed by atoms with Gasteiger partial charge in [-0.3, -0.25) is 0 Å². The fourth-order valence-corrected chi connectivity index (χ4v) is 2.04. The second-order valence-electron chi connectivity index (χ2n) is 2.92. The Labute approximate surface area is 84.4 Å². The van der Waals surface area contributed by atoms with Crippen molar-refractivity contribution in [1.82, 2.24) is 0 Å². The highest BCUT2D eigenvalue weighted by Gasteiger charge is 2.15. The number of hydrogen-bond acceptors (Lipinski definition) is 4. The van der Waals surface area contributed by atoms with Gasteiger partial charge in [0.15, 0.2) is 0 Å². The van der Waals surface area contributed by atoms with E-state index in [1.165, 1.54) is 11.3 Å². The highest BCUT2D eigenvalue weighted by atomic mass is 32.1. The van der Waals surface area contributed by atoms with Crippen LogP contribution in [0.4, 0.5) is 5.69 Å². The molecule has 5 heteroatoms. The maximum Gasteiger partial charge on any atom is 0.332 e. The lowest BCUT2D eigenvalue weighted by Crippen LogP contribution is -2.14. The number of rotatable bonds is 1. The van der Waals surface area contributed by atoms with Crippen molar-refractivity contribution in [2.75, 3.05) is 0 Å². The van der Waals surface area contributed by atoms with Crippen molar-refractivity contribution < 1.29 is 9.90 Å². The second kappa shape index (κ2) is 3.26. The van der Waals surface area contributed by atoms with Crippen molar-refractivity contribution in [3.63, 3.8) is 0 Å². The Morgan fingerprint density at radius 2 is 2.43 bits per heavy atom. The highest BCUT2D eigenvalue weighted by molar-refractivity contribution is 7.11. The Balaban J connectivity index is 2.53. The van der Waals surface area contributed by atoms with Gasteiger partial charge in [0.25, 0.3) is 0 Å². The van der Waals surface area contributed by atoms with Gasteiger partial charge in [-0.15, -0.1) is 11.3 Å². The zero-order chi connectivity index (χ0) is 10.1. The van der Waals surface area contributed by atoms with Gasteiger partial charge in [-0.05, 0) is 17.5 Å². The third kappa shape index (κ3) is 1.54. The van der Waals surface area contributed by atoms with E-state index in [0.717, 1.165) is 10.6 Å². The van der Waals surface area contributed by atoms with Crippen LogP contribution in [0, 0.1) is 0 Å². The molecule has 14 heavy (non-hydrogen) atoms. The zero-order valence-corrected chi connectivity index (χ0v) is 8.04. The van der Waals surface area contributed by atoms with Gasteiger partial charge >= 0.3 is 5.97 Å². The molecule has 0 saturated carbocycles. The molecule has 0 saturated heterocycles. The summed E-state index contributed by atoms with van der Waals surface area (Å²) in [5.41, 5.74) is 6.63. The summed E-state index contributed by atoms with van der Waals surface area (Å²) in [5.74, 6) is -0.597. The van der Waals surface area contributed by atoms with Crippen molar-refractivity contribution in [2.24, 2.45) is 10.7 Å². The maximum atomic E-state index is 10.8. The van der Waals surface area contributed by atoms with Crippen molar-refractivity contribution in [2.45, 2.75) is 6.42 Å². The van der Waals surface area contributed by atoms with Gasteiger partial charge < -0.3 is 10.8 Å². The quantitative estimate of drug-likeness (QED) is 0.736. The number of thiophene rings is 1. The van der Waals surface area contributed by atoms with E-state index in [1.54, 1.807) is 6.08 Å². The average molecular weight is 208 g/mol. The van der Waals surface area contributed by atoms with Gasteiger partial charge in [0.05, 0.1) is 10.6 Å². The van der Waals surface area contributed by atoms with Crippen molar-refractivity contribution >= 4 is 34.9 Å². The summed E-state index contributed by atoms with van der Waals surface area (Å²) in [6, 6.07) is 1.83. The van der Waals surface area contributed by atoms with E-state index in [9.17, 15) is 4.79 Å². The third-order valence-electron chi connectivity index (χ3n) is 1.89. The van der Waals surface area contributed by atoms with Crippen molar-refractivity contribution in [3.8, 4) is 0 Å². The number of carboxylic acid groups (broad SMARTS) is 1. The van der Waals surface area contributed by atoms with Crippen molar-refractivity contribution in [3.05, 3.63) is 21.9 Å². The number of carbonyl (C=O) groups is 1.